The van der Waals surface area contributed by atoms with Gasteiger partial charge in [-0.25, -0.2) is 0 Å². The fourth-order valence-corrected chi connectivity index (χ4v) is 13.2. The van der Waals surface area contributed by atoms with E-state index in [0.29, 0.717) is 0 Å². The maximum atomic E-state index is 4.59. The molecular formula is C28H28BrP. The summed E-state index contributed by atoms with van der Waals surface area (Å²) in [7, 11) is 0. The Bertz CT molecular complexity index is 1130. The van der Waals surface area contributed by atoms with E-state index in [-0.39, 0.29) is 0 Å². The van der Waals surface area contributed by atoms with Gasteiger partial charge in [0.25, 0.3) is 0 Å². The maximum absolute atomic E-state index is 4.59. The first-order valence-electron chi connectivity index (χ1n) is 10.4. The SMILES string of the molecule is Cc1ccc(CP(Br)(c2ccccc2)(c2ccccc2)c2ccccc2C)c(C)c1. The summed E-state index contributed by atoms with van der Waals surface area (Å²) in [6.07, 6.45) is 0.941. The number of hydrogen-bond acceptors (Lipinski definition) is 0. The molecule has 152 valence electrons. The van der Waals surface area contributed by atoms with Gasteiger partial charge in [0.05, 0.1) is 0 Å². The predicted octanol–water partition coefficient (Wildman–Crippen LogP) is 6.95. The van der Waals surface area contributed by atoms with Gasteiger partial charge in [0, 0.05) is 0 Å². The van der Waals surface area contributed by atoms with E-state index in [0.717, 1.165) is 6.16 Å². The zero-order valence-corrected chi connectivity index (χ0v) is 20.3. The van der Waals surface area contributed by atoms with Crippen LogP contribution in [0.4, 0.5) is 0 Å². The molecule has 0 aliphatic heterocycles. The Labute approximate surface area is 188 Å². The summed E-state index contributed by atoms with van der Waals surface area (Å²) < 4.78 is 0. The molecule has 0 spiro atoms. The first kappa shape index (κ1) is 21.0. The van der Waals surface area contributed by atoms with Crippen LogP contribution in [0, 0.1) is 20.8 Å². The average Bonchev–Trinajstić information content (AvgIpc) is 2.77. The molecule has 0 saturated heterocycles. The average molecular weight is 475 g/mol. The summed E-state index contributed by atoms with van der Waals surface area (Å²) in [6, 6.07) is 37.8. The van der Waals surface area contributed by atoms with E-state index in [2.05, 4.69) is 139 Å². The van der Waals surface area contributed by atoms with E-state index in [9.17, 15) is 0 Å². The molecule has 0 aliphatic carbocycles. The number of benzene rings is 4. The Morgan fingerprint density at radius 2 is 1.13 bits per heavy atom. The second-order valence-electron chi connectivity index (χ2n) is 8.23. The summed E-state index contributed by atoms with van der Waals surface area (Å²) in [5.41, 5.74) is 5.38. The number of rotatable bonds is 5. The molecule has 0 radical (unpaired) electrons. The van der Waals surface area contributed by atoms with Crippen molar-refractivity contribution in [2.24, 2.45) is 0 Å². The van der Waals surface area contributed by atoms with E-state index in [1.807, 2.05) is 0 Å². The topological polar surface area (TPSA) is 0 Å². The molecule has 0 nitrogen and oxygen atoms in total. The van der Waals surface area contributed by atoms with Gasteiger partial charge in [0.2, 0.25) is 0 Å². The molecule has 0 unspecified atom stereocenters. The van der Waals surface area contributed by atoms with Crippen molar-refractivity contribution in [3.8, 4) is 0 Å². The Hall–Kier alpha value is -2.21. The van der Waals surface area contributed by atoms with E-state index < -0.39 is 5.31 Å². The summed E-state index contributed by atoms with van der Waals surface area (Å²) in [5.74, 6) is 0. The Kier molecular flexibility index (Phi) is 5.71. The van der Waals surface area contributed by atoms with Crippen LogP contribution < -0.4 is 15.9 Å². The predicted molar refractivity (Wildman–Crippen MR) is 138 cm³/mol. The third kappa shape index (κ3) is 3.45. The van der Waals surface area contributed by atoms with Crippen molar-refractivity contribution in [3.63, 3.8) is 0 Å². The van der Waals surface area contributed by atoms with Crippen LogP contribution in [-0.2, 0) is 6.16 Å². The van der Waals surface area contributed by atoms with Crippen LogP contribution in [0.5, 0.6) is 0 Å². The molecule has 0 saturated carbocycles. The molecule has 4 rings (SSSR count). The van der Waals surface area contributed by atoms with Crippen molar-refractivity contribution in [1.29, 1.82) is 0 Å². The first-order valence-corrected chi connectivity index (χ1v) is 14.8. The van der Waals surface area contributed by atoms with E-state index in [1.54, 1.807) is 0 Å². The quantitative estimate of drug-likeness (QED) is 0.274. The third-order valence-electron chi connectivity index (χ3n) is 6.17. The number of halogens is 1. The molecule has 0 fully saturated rings. The fourth-order valence-electron chi connectivity index (χ4n) is 4.60. The van der Waals surface area contributed by atoms with Crippen LogP contribution in [-0.4, -0.2) is 0 Å². The van der Waals surface area contributed by atoms with Crippen molar-refractivity contribution in [2.45, 2.75) is 26.9 Å². The van der Waals surface area contributed by atoms with Gasteiger partial charge in [-0.3, -0.25) is 0 Å². The molecule has 0 aromatic heterocycles. The Morgan fingerprint density at radius 1 is 0.600 bits per heavy atom. The van der Waals surface area contributed by atoms with Gasteiger partial charge in [0.15, 0.2) is 0 Å². The minimum atomic E-state index is -2.97. The van der Waals surface area contributed by atoms with Gasteiger partial charge >= 0.3 is 189 Å². The van der Waals surface area contributed by atoms with Crippen LogP contribution >= 0.6 is 20.8 Å². The summed E-state index contributed by atoms with van der Waals surface area (Å²) in [6.45, 7) is 6.65. The van der Waals surface area contributed by atoms with E-state index >= 15 is 0 Å². The van der Waals surface area contributed by atoms with Crippen LogP contribution in [0.25, 0.3) is 0 Å². The normalized spacial score (nSPS) is 12.9. The standard InChI is InChI=1S/C28H28BrP/c1-22-18-19-25(24(3)20-22)21-30(29,26-13-6-4-7-14-26,27-15-8-5-9-16-27)28-17-11-10-12-23(28)2/h4-20H,21H2,1-3H3. The second kappa shape index (κ2) is 8.14. The summed E-state index contributed by atoms with van der Waals surface area (Å²) in [4.78, 5) is 0. The van der Waals surface area contributed by atoms with Crippen molar-refractivity contribution >= 4 is 36.7 Å². The van der Waals surface area contributed by atoms with E-state index in [4.69, 9.17) is 0 Å². The molecule has 0 bridgehead atoms. The number of hydrogen-bond donors (Lipinski definition) is 0. The molecule has 30 heavy (non-hydrogen) atoms. The van der Waals surface area contributed by atoms with Crippen molar-refractivity contribution < 1.29 is 0 Å². The molecule has 0 aliphatic rings. The third-order valence-corrected chi connectivity index (χ3v) is 15.7. The van der Waals surface area contributed by atoms with Crippen LogP contribution in [0.3, 0.4) is 0 Å². The molecule has 0 heterocycles. The Balaban J connectivity index is 2.13. The molecule has 0 N–H and O–H groups in total. The molecule has 0 atom stereocenters. The van der Waals surface area contributed by atoms with Crippen LogP contribution in [0.2, 0.25) is 0 Å². The molecule has 0 amide bonds. The van der Waals surface area contributed by atoms with Gasteiger partial charge in [-0.05, 0) is 0 Å². The van der Waals surface area contributed by atoms with Crippen molar-refractivity contribution in [3.05, 3.63) is 125 Å². The summed E-state index contributed by atoms with van der Waals surface area (Å²) >= 11 is 4.59. The second-order valence-corrected chi connectivity index (χ2v) is 17.1. The molecule has 2 heteroatoms. The van der Waals surface area contributed by atoms with E-state index in [1.165, 1.54) is 38.2 Å². The van der Waals surface area contributed by atoms with Gasteiger partial charge in [0.1, 0.15) is 0 Å². The van der Waals surface area contributed by atoms with Crippen molar-refractivity contribution in [1.82, 2.24) is 0 Å². The zero-order valence-electron chi connectivity index (χ0n) is 17.8. The van der Waals surface area contributed by atoms with Gasteiger partial charge in [-0.15, -0.1) is 0 Å². The van der Waals surface area contributed by atoms with Gasteiger partial charge < -0.3 is 0 Å². The fraction of sp³-hybridized carbons (Fsp3) is 0.143. The minimum absolute atomic E-state index is 0.941. The molecule has 4 aromatic rings. The van der Waals surface area contributed by atoms with Gasteiger partial charge in [-0.2, -0.15) is 0 Å². The van der Waals surface area contributed by atoms with Crippen LogP contribution in [0.15, 0.2) is 103 Å². The molecular weight excluding hydrogens is 447 g/mol. The van der Waals surface area contributed by atoms with Crippen LogP contribution in [0.1, 0.15) is 22.3 Å². The van der Waals surface area contributed by atoms with Gasteiger partial charge in [-0.1, -0.05) is 0 Å². The molecule has 4 aromatic carbocycles. The zero-order chi connectivity index (χ0) is 21.2. The Morgan fingerprint density at radius 3 is 1.67 bits per heavy atom. The number of aryl methyl sites for hydroxylation is 3. The summed E-state index contributed by atoms with van der Waals surface area (Å²) in [5, 5.41) is 1.17. The monoisotopic (exact) mass is 474 g/mol. The first-order chi connectivity index (χ1) is 14.4. The van der Waals surface area contributed by atoms with Crippen molar-refractivity contribution in [2.75, 3.05) is 0 Å².